The molecule has 0 atom stereocenters. The van der Waals surface area contributed by atoms with E-state index in [-0.39, 0.29) is 11.1 Å². The van der Waals surface area contributed by atoms with Crippen LogP contribution in [0.25, 0.3) is 0 Å². The number of hydrogen-bond donors (Lipinski definition) is 1. The van der Waals surface area contributed by atoms with E-state index in [1.54, 1.807) is 48.5 Å². The van der Waals surface area contributed by atoms with Crippen molar-refractivity contribution in [2.24, 2.45) is 0 Å². The van der Waals surface area contributed by atoms with E-state index in [2.05, 4.69) is 5.32 Å². The molecule has 0 heterocycles. The molecule has 4 nitrogen and oxygen atoms in total. The van der Waals surface area contributed by atoms with Crippen molar-refractivity contribution < 1.29 is 12.7 Å². The van der Waals surface area contributed by atoms with Gasteiger partial charge in [-0.2, -0.15) is 0 Å². The van der Waals surface area contributed by atoms with Crippen molar-refractivity contribution in [3.8, 4) is 0 Å². The summed E-state index contributed by atoms with van der Waals surface area (Å²) >= 11 is 1.72. The third-order valence-electron chi connectivity index (χ3n) is 6.26. The van der Waals surface area contributed by atoms with Crippen LogP contribution in [-0.2, 0) is 3.07 Å². The molecule has 0 saturated carbocycles. The maximum atomic E-state index is 14.0. The summed E-state index contributed by atoms with van der Waals surface area (Å²) in [5.41, 5.74) is 0.972. The topological polar surface area (TPSA) is 55.4 Å². The molecule has 1 amide bonds. The number of amides is 1. The van der Waals surface area contributed by atoms with Crippen LogP contribution in [0.1, 0.15) is 20.7 Å². The van der Waals surface area contributed by atoms with Crippen molar-refractivity contribution in [2.75, 3.05) is 5.32 Å². The van der Waals surface area contributed by atoms with Gasteiger partial charge in [0, 0.05) is 0 Å². The molecule has 0 aromatic heterocycles. The van der Waals surface area contributed by atoms with Crippen LogP contribution in [0.5, 0.6) is 0 Å². The van der Waals surface area contributed by atoms with Crippen molar-refractivity contribution >= 4 is 58.7 Å². The van der Waals surface area contributed by atoms with Crippen LogP contribution < -0.4 is 16.1 Å². The molecule has 6 heteroatoms. The molecule has 0 fully saturated rings. The van der Waals surface area contributed by atoms with Crippen LogP contribution in [0, 0.1) is 0 Å². The number of hydrogen-bond acceptors (Lipinski definition) is 3. The first-order chi connectivity index (χ1) is 18.6. The standard InChI is InChI=1S/C14H10ClNO3.3C6H5.Sn/c15-9-4-3-5-10(8-9)16-13(17)11-6-1-2-7-12(11)14(18)19;3*1-2-4-6-5-3-1;/h1-8H,(H,16,17)(H,18,19);3*1-5H;/q;;;;+1/p-1. The molecule has 0 radical (unpaired) electrons. The van der Waals surface area contributed by atoms with Crippen molar-refractivity contribution in [1.82, 2.24) is 0 Å². The molecule has 0 spiro atoms. The van der Waals surface area contributed by atoms with Crippen molar-refractivity contribution in [2.45, 2.75) is 0 Å². The second-order valence-electron chi connectivity index (χ2n) is 8.68. The molecule has 0 aliphatic carbocycles. The van der Waals surface area contributed by atoms with Gasteiger partial charge in [0.25, 0.3) is 0 Å². The van der Waals surface area contributed by atoms with Gasteiger partial charge in [0.2, 0.25) is 0 Å². The van der Waals surface area contributed by atoms with Crippen LogP contribution >= 0.6 is 11.6 Å². The van der Waals surface area contributed by atoms with Gasteiger partial charge in [-0.05, 0) is 0 Å². The minimum absolute atomic E-state index is 0.205. The van der Waals surface area contributed by atoms with Crippen LogP contribution in [0.4, 0.5) is 5.69 Å². The number of nitrogens with one attached hydrogen (secondary N) is 1. The molecule has 0 aliphatic heterocycles. The Morgan fingerprint density at radius 1 is 0.579 bits per heavy atom. The maximum absolute atomic E-state index is 14.0. The Hall–Kier alpha value is -3.87. The Bertz CT molecular complexity index is 1460. The predicted octanol–water partition coefficient (Wildman–Crippen LogP) is 5.42. The van der Waals surface area contributed by atoms with Gasteiger partial charge in [0.05, 0.1) is 0 Å². The van der Waals surface area contributed by atoms with Gasteiger partial charge in [-0.25, -0.2) is 0 Å². The molecule has 0 bridgehead atoms. The summed E-state index contributed by atoms with van der Waals surface area (Å²) in [5.74, 6) is -0.950. The van der Waals surface area contributed by atoms with E-state index in [9.17, 15) is 9.59 Å². The van der Waals surface area contributed by atoms with Gasteiger partial charge in [-0.1, -0.05) is 0 Å². The third-order valence-corrected chi connectivity index (χ3v) is 17.7. The normalized spacial score (nSPS) is 11.0. The molecular weight excluding hydrogens is 601 g/mol. The fourth-order valence-electron chi connectivity index (χ4n) is 4.51. The first-order valence-electron chi connectivity index (χ1n) is 12.1. The molecule has 5 aromatic rings. The molecule has 0 saturated heterocycles. The molecule has 5 rings (SSSR count). The van der Waals surface area contributed by atoms with Gasteiger partial charge in [0.15, 0.2) is 0 Å². The van der Waals surface area contributed by atoms with E-state index >= 15 is 0 Å². The minimum atomic E-state index is -4.36. The zero-order valence-corrected chi connectivity index (χ0v) is 24.0. The van der Waals surface area contributed by atoms with Gasteiger partial charge in [-0.15, -0.1) is 0 Å². The van der Waals surface area contributed by atoms with Crippen LogP contribution in [0.3, 0.4) is 0 Å². The molecule has 0 unspecified atom stereocenters. The average Bonchev–Trinajstić information content (AvgIpc) is 2.97. The quantitative estimate of drug-likeness (QED) is 0.246. The molecule has 5 aromatic carbocycles. The Kier molecular flexibility index (Phi) is 7.91. The zero-order chi connectivity index (χ0) is 26.4. The number of rotatable bonds is 7. The van der Waals surface area contributed by atoms with Crippen LogP contribution in [0.15, 0.2) is 140 Å². The van der Waals surface area contributed by atoms with E-state index in [1.165, 1.54) is 0 Å². The first kappa shape index (κ1) is 25.8. The number of carbonyl (C=O) groups excluding carboxylic acids is 2. The van der Waals surface area contributed by atoms with Gasteiger partial charge in [0.1, 0.15) is 0 Å². The zero-order valence-electron chi connectivity index (χ0n) is 20.4. The number of benzene rings is 5. The summed E-state index contributed by atoms with van der Waals surface area (Å²) < 4.78 is 9.69. The summed E-state index contributed by atoms with van der Waals surface area (Å²) in [6.07, 6.45) is 0. The van der Waals surface area contributed by atoms with Crippen LogP contribution in [-0.4, -0.2) is 30.7 Å². The Morgan fingerprint density at radius 3 is 1.55 bits per heavy atom. The fraction of sp³-hybridized carbons (Fsp3) is 0. The average molecular weight is 625 g/mol. The molecular formula is C32H24ClNO3Sn. The summed E-state index contributed by atoms with van der Waals surface area (Å²) in [4.78, 5) is 27.3. The SMILES string of the molecule is O=C(Nc1cccc(Cl)c1)c1ccccc1C(=O)[O][Sn]([c]1ccccc1)([c]1ccccc1)[c]1ccccc1. The second-order valence-corrected chi connectivity index (χ2v) is 18.5. The second kappa shape index (κ2) is 11.7. The Morgan fingerprint density at radius 2 is 1.05 bits per heavy atom. The van der Waals surface area contributed by atoms with E-state index in [1.807, 2.05) is 91.0 Å². The van der Waals surface area contributed by atoms with E-state index < -0.39 is 30.7 Å². The van der Waals surface area contributed by atoms with Crippen molar-refractivity contribution in [3.63, 3.8) is 0 Å². The molecule has 186 valence electrons. The fourth-order valence-corrected chi connectivity index (χ4v) is 15.3. The predicted molar refractivity (Wildman–Crippen MR) is 155 cm³/mol. The Labute approximate surface area is 231 Å². The van der Waals surface area contributed by atoms with Gasteiger partial charge in [-0.3, -0.25) is 0 Å². The van der Waals surface area contributed by atoms with Crippen LogP contribution in [0.2, 0.25) is 5.02 Å². The number of carbonyl (C=O) groups is 2. The van der Waals surface area contributed by atoms with Crippen molar-refractivity contribution in [3.05, 3.63) is 156 Å². The number of halogens is 1. The van der Waals surface area contributed by atoms with Crippen molar-refractivity contribution in [1.29, 1.82) is 0 Å². The summed E-state index contributed by atoms with van der Waals surface area (Å²) in [6, 6.07) is 43.4. The number of anilines is 1. The summed E-state index contributed by atoms with van der Waals surface area (Å²) in [5, 5.41) is 3.34. The molecule has 38 heavy (non-hydrogen) atoms. The third kappa shape index (κ3) is 5.37. The summed E-state index contributed by atoms with van der Waals surface area (Å²) in [7, 11) is 0. The monoisotopic (exact) mass is 625 g/mol. The Balaban J connectivity index is 1.60. The van der Waals surface area contributed by atoms with Gasteiger partial charge < -0.3 is 0 Å². The van der Waals surface area contributed by atoms with E-state index in [0.29, 0.717) is 10.7 Å². The van der Waals surface area contributed by atoms with Gasteiger partial charge >= 0.3 is 232 Å². The molecule has 1 N–H and O–H groups in total. The van der Waals surface area contributed by atoms with E-state index in [0.717, 1.165) is 10.7 Å². The first-order valence-corrected chi connectivity index (χ1v) is 18.0. The summed E-state index contributed by atoms with van der Waals surface area (Å²) in [6.45, 7) is 0. The van der Waals surface area contributed by atoms with E-state index in [4.69, 9.17) is 14.7 Å². The molecule has 0 aliphatic rings.